The highest BCUT2D eigenvalue weighted by molar-refractivity contribution is 6.32. The molecule has 1 heterocycles. The minimum Gasteiger partial charge on any atom is -0.487 e. The molecule has 82 valence electrons. The highest BCUT2D eigenvalue weighted by Gasteiger charge is 2.33. The predicted octanol–water partition coefficient (Wildman–Crippen LogP) is 2.96. The first-order chi connectivity index (χ1) is 7.43. The Labute approximate surface area is 98.6 Å². The molecule has 0 bridgehead atoms. The molecule has 0 saturated carbocycles. The number of hydrogen-bond acceptors (Lipinski definition) is 3. The third kappa shape index (κ3) is 1.77. The second kappa shape index (κ2) is 3.50. The Balaban J connectivity index is 2.59. The van der Waals surface area contributed by atoms with Gasteiger partial charge in [0.1, 0.15) is 17.4 Å². The lowest BCUT2D eigenvalue weighted by atomic mass is 9.92. The maximum Gasteiger partial charge on any atom is 0.170 e. The summed E-state index contributed by atoms with van der Waals surface area (Å²) < 4.78 is 5.66. The van der Waals surface area contributed by atoms with Crippen LogP contribution < -0.4 is 4.74 Å². The zero-order valence-corrected chi connectivity index (χ0v) is 9.76. The van der Waals surface area contributed by atoms with Gasteiger partial charge in [-0.25, -0.2) is 0 Å². The standard InChI is InChI=1S/C12H10ClNO2/c1-12(2)5-10(15)8-3-7(6-14)9(13)4-11(8)16-12/h3-4H,5H2,1-2H3. The van der Waals surface area contributed by atoms with Crippen LogP contribution in [0.4, 0.5) is 0 Å². The van der Waals surface area contributed by atoms with E-state index in [9.17, 15) is 4.79 Å². The van der Waals surface area contributed by atoms with E-state index in [0.29, 0.717) is 28.3 Å². The van der Waals surface area contributed by atoms with Crippen molar-refractivity contribution in [2.45, 2.75) is 25.9 Å². The molecule has 0 N–H and O–H groups in total. The third-order valence-electron chi connectivity index (χ3n) is 2.46. The molecule has 4 heteroatoms. The van der Waals surface area contributed by atoms with Crippen LogP contribution >= 0.6 is 11.6 Å². The van der Waals surface area contributed by atoms with Crippen molar-refractivity contribution in [3.63, 3.8) is 0 Å². The van der Waals surface area contributed by atoms with Crippen LogP contribution in [0.3, 0.4) is 0 Å². The summed E-state index contributed by atoms with van der Waals surface area (Å²) in [6.07, 6.45) is 0.312. The van der Waals surface area contributed by atoms with Crippen LogP contribution in [0.25, 0.3) is 0 Å². The predicted molar refractivity (Wildman–Crippen MR) is 59.8 cm³/mol. The van der Waals surface area contributed by atoms with E-state index in [-0.39, 0.29) is 5.78 Å². The largest absolute Gasteiger partial charge is 0.487 e. The zero-order valence-electron chi connectivity index (χ0n) is 9.00. The van der Waals surface area contributed by atoms with Crippen LogP contribution in [0.1, 0.15) is 36.2 Å². The molecule has 1 aromatic rings. The number of carbonyl (C=O) groups excluding carboxylic acids is 1. The first-order valence-electron chi connectivity index (χ1n) is 4.89. The monoisotopic (exact) mass is 235 g/mol. The minimum atomic E-state index is -0.512. The highest BCUT2D eigenvalue weighted by atomic mass is 35.5. The van der Waals surface area contributed by atoms with E-state index in [2.05, 4.69) is 0 Å². The molecule has 0 unspecified atom stereocenters. The normalized spacial score (nSPS) is 17.2. The van der Waals surface area contributed by atoms with E-state index in [1.165, 1.54) is 12.1 Å². The van der Waals surface area contributed by atoms with Gasteiger partial charge in [-0.2, -0.15) is 5.26 Å². The van der Waals surface area contributed by atoms with Crippen molar-refractivity contribution in [1.29, 1.82) is 5.26 Å². The summed E-state index contributed by atoms with van der Waals surface area (Å²) in [6.45, 7) is 3.69. The van der Waals surface area contributed by atoms with Crippen LogP contribution in [-0.2, 0) is 0 Å². The number of ketones is 1. The van der Waals surface area contributed by atoms with Crippen molar-refractivity contribution in [2.75, 3.05) is 0 Å². The van der Waals surface area contributed by atoms with Gasteiger partial charge in [-0.3, -0.25) is 4.79 Å². The molecular formula is C12H10ClNO2. The molecule has 1 aliphatic heterocycles. The first-order valence-corrected chi connectivity index (χ1v) is 5.26. The minimum absolute atomic E-state index is 0.0144. The number of benzene rings is 1. The average molecular weight is 236 g/mol. The molecular weight excluding hydrogens is 226 g/mol. The lowest BCUT2D eigenvalue weighted by Crippen LogP contribution is -2.35. The number of ether oxygens (including phenoxy) is 1. The SMILES string of the molecule is CC1(C)CC(=O)c2cc(C#N)c(Cl)cc2O1. The zero-order chi connectivity index (χ0) is 11.9. The lowest BCUT2D eigenvalue weighted by molar-refractivity contribution is 0.0620. The summed E-state index contributed by atoms with van der Waals surface area (Å²) in [4.78, 5) is 11.8. The Kier molecular flexibility index (Phi) is 2.40. The Morgan fingerprint density at radius 1 is 1.50 bits per heavy atom. The van der Waals surface area contributed by atoms with Crippen molar-refractivity contribution >= 4 is 17.4 Å². The Bertz CT molecular complexity index is 514. The van der Waals surface area contributed by atoms with Crippen LogP contribution in [0, 0.1) is 11.3 Å². The number of nitrogens with zero attached hydrogens (tertiary/aromatic N) is 1. The molecule has 16 heavy (non-hydrogen) atoms. The average Bonchev–Trinajstić information content (AvgIpc) is 2.14. The molecule has 1 aromatic carbocycles. The van der Waals surface area contributed by atoms with Crippen LogP contribution in [-0.4, -0.2) is 11.4 Å². The molecule has 0 fully saturated rings. The molecule has 0 saturated heterocycles. The topological polar surface area (TPSA) is 50.1 Å². The van der Waals surface area contributed by atoms with Crippen molar-refractivity contribution in [1.82, 2.24) is 0 Å². The summed E-state index contributed by atoms with van der Waals surface area (Å²) >= 11 is 5.89. The quantitative estimate of drug-likeness (QED) is 0.695. The molecule has 0 amide bonds. The fourth-order valence-electron chi connectivity index (χ4n) is 1.76. The molecule has 0 atom stereocenters. The van der Waals surface area contributed by atoms with E-state index in [1.807, 2.05) is 19.9 Å². The van der Waals surface area contributed by atoms with E-state index >= 15 is 0 Å². The van der Waals surface area contributed by atoms with Gasteiger partial charge in [0.25, 0.3) is 0 Å². The number of Topliss-reactive ketones (excluding diaryl/α,β-unsaturated/α-hetero) is 1. The summed E-state index contributed by atoms with van der Waals surface area (Å²) in [6, 6.07) is 4.98. The van der Waals surface area contributed by atoms with Gasteiger partial charge in [-0.15, -0.1) is 0 Å². The van der Waals surface area contributed by atoms with Gasteiger partial charge >= 0.3 is 0 Å². The van der Waals surface area contributed by atoms with Crippen LogP contribution in [0.5, 0.6) is 5.75 Å². The molecule has 0 spiro atoms. The van der Waals surface area contributed by atoms with Gasteiger partial charge in [-0.05, 0) is 19.9 Å². The van der Waals surface area contributed by atoms with Crippen molar-refractivity contribution < 1.29 is 9.53 Å². The molecule has 0 aromatic heterocycles. The lowest BCUT2D eigenvalue weighted by Gasteiger charge is -2.31. The number of rotatable bonds is 0. The van der Waals surface area contributed by atoms with Crippen molar-refractivity contribution in [3.05, 3.63) is 28.3 Å². The maximum atomic E-state index is 11.8. The third-order valence-corrected chi connectivity index (χ3v) is 2.78. The van der Waals surface area contributed by atoms with Gasteiger partial charge < -0.3 is 4.74 Å². The second-order valence-corrected chi connectivity index (χ2v) is 4.81. The molecule has 1 aliphatic rings. The number of halogens is 1. The number of carbonyl (C=O) groups is 1. The summed E-state index contributed by atoms with van der Waals surface area (Å²) in [5, 5.41) is 9.13. The van der Waals surface area contributed by atoms with Gasteiger partial charge in [0, 0.05) is 6.07 Å². The number of hydrogen-bond donors (Lipinski definition) is 0. The summed E-state index contributed by atoms with van der Waals surface area (Å²) in [7, 11) is 0. The molecule has 3 nitrogen and oxygen atoms in total. The molecule has 0 aliphatic carbocycles. The number of nitriles is 1. The van der Waals surface area contributed by atoms with Crippen molar-refractivity contribution in [3.8, 4) is 11.8 Å². The Morgan fingerprint density at radius 2 is 2.19 bits per heavy atom. The first kappa shape index (κ1) is 11.0. The molecule has 0 radical (unpaired) electrons. The van der Waals surface area contributed by atoms with Crippen LogP contribution in [0.15, 0.2) is 12.1 Å². The number of fused-ring (bicyclic) bond motifs is 1. The summed E-state index contributed by atoms with van der Waals surface area (Å²) in [5.41, 5.74) is 0.235. The van der Waals surface area contributed by atoms with E-state index < -0.39 is 5.60 Å². The highest BCUT2D eigenvalue weighted by Crippen LogP contribution is 2.36. The Morgan fingerprint density at radius 3 is 2.81 bits per heavy atom. The fourth-order valence-corrected chi connectivity index (χ4v) is 1.95. The van der Waals surface area contributed by atoms with E-state index in [1.54, 1.807) is 0 Å². The molecule has 2 rings (SSSR count). The van der Waals surface area contributed by atoms with Gasteiger partial charge in [0.15, 0.2) is 5.78 Å². The smallest absolute Gasteiger partial charge is 0.170 e. The van der Waals surface area contributed by atoms with Gasteiger partial charge in [-0.1, -0.05) is 11.6 Å². The van der Waals surface area contributed by atoms with Crippen LogP contribution in [0.2, 0.25) is 5.02 Å². The van der Waals surface area contributed by atoms with Crippen molar-refractivity contribution in [2.24, 2.45) is 0 Å². The summed E-state index contributed by atoms with van der Waals surface area (Å²) in [5.74, 6) is 0.449. The van der Waals surface area contributed by atoms with E-state index in [0.717, 1.165) is 0 Å². The van der Waals surface area contributed by atoms with Gasteiger partial charge in [0.2, 0.25) is 0 Å². The van der Waals surface area contributed by atoms with E-state index in [4.69, 9.17) is 21.6 Å². The fraction of sp³-hybridized carbons (Fsp3) is 0.333. The maximum absolute atomic E-state index is 11.8. The second-order valence-electron chi connectivity index (χ2n) is 4.40. The van der Waals surface area contributed by atoms with Gasteiger partial charge in [0.05, 0.1) is 22.6 Å². The Hall–Kier alpha value is -1.53.